The highest BCUT2D eigenvalue weighted by Gasteiger charge is 2.62. The first kappa shape index (κ1) is 21.1. The lowest BCUT2D eigenvalue weighted by Crippen LogP contribution is -2.42. The molecule has 5 heteroatoms. The van der Waals surface area contributed by atoms with E-state index in [9.17, 15) is 9.59 Å². The van der Waals surface area contributed by atoms with Gasteiger partial charge in [-0.25, -0.2) is 0 Å². The number of likely N-dealkylation sites (N-methyl/N-ethyl adjacent to an activating group) is 1. The van der Waals surface area contributed by atoms with Crippen LogP contribution in [0, 0.1) is 11.8 Å². The summed E-state index contributed by atoms with van der Waals surface area (Å²) in [5.41, 5.74) is 8.06. The average molecular weight is 394 g/mol. The number of hydrogen-bond donors (Lipinski definition) is 2. The standard InChI is InChI=1S/C24H31N3O2/c1-16-21(24(16,2)19-8-6-5-7-9-19)23(29)26-15-20(27(3)4)14-17-10-12-18(13-11-17)22(25)28/h5-13,16,20-21H,14-15H2,1-4H3,(H2,25,28)(H,26,29)/t16-,20-,21-,24?/m0/s1. The van der Waals surface area contributed by atoms with Gasteiger partial charge in [0.15, 0.2) is 0 Å². The molecule has 0 bridgehead atoms. The number of hydrogen-bond acceptors (Lipinski definition) is 3. The molecular formula is C24H31N3O2. The van der Waals surface area contributed by atoms with Crippen LogP contribution in [0.4, 0.5) is 0 Å². The predicted octanol–water partition coefficient (Wildman–Crippen LogP) is 2.60. The topological polar surface area (TPSA) is 75.4 Å². The summed E-state index contributed by atoms with van der Waals surface area (Å²) >= 11 is 0. The maximum atomic E-state index is 12.9. The molecule has 1 fully saturated rings. The van der Waals surface area contributed by atoms with Crippen LogP contribution in [0.25, 0.3) is 0 Å². The molecule has 2 amide bonds. The molecule has 1 unspecified atom stereocenters. The lowest BCUT2D eigenvalue weighted by Gasteiger charge is -2.25. The molecule has 1 aliphatic rings. The van der Waals surface area contributed by atoms with Crippen LogP contribution in [0.5, 0.6) is 0 Å². The van der Waals surface area contributed by atoms with Crippen LogP contribution in [-0.2, 0) is 16.6 Å². The Bertz CT molecular complexity index is 863. The van der Waals surface area contributed by atoms with Gasteiger partial charge in [0.2, 0.25) is 11.8 Å². The van der Waals surface area contributed by atoms with Crippen LogP contribution >= 0.6 is 0 Å². The van der Waals surface area contributed by atoms with Crippen molar-refractivity contribution in [2.45, 2.75) is 31.7 Å². The fourth-order valence-corrected chi connectivity index (χ4v) is 4.31. The lowest BCUT2D eigenvalue weighted by atomic mass is 9.94. The molecule has 154 valence electrons. The van der Waals surface area contributed by atoms with Crippen LogP contribution in [0.1, 0.15) is 35.3 Å². The van der Waals surface area contributed by atoms with Crippen molar-refractivity contribution in [1.29, 1.82) is 0 Å². The van der Waals surface area contributed by atoms with Crippen molar-refractivity contribution in [2.24, 2.45) is 17.6 Å². The normalized spacial score (nSPS) is 24.2. The molecule has 2 aromatic carbocycles. The number of carbonyl (C=O) groups is 2. The zero-order chi connectivity index (χ0) is 21.2. The van der Waals surface area contributed by atoms with E-state index in [-0.39, 0.29) is 23.3 Å². The highest BCUT2D eigenvalue weighted by atomic mass is 16.2. The lowest BCUT2D eigenvalue weighted by molar-refractivity contribution is -0.123. The van der Waals surface area contributed by atoms with Gasteiger partial charge in [-0.05, 0) is 49.7 Å². The summed E-state index contributed by atoms with van der Waals surface area (Å²) < 4.78 is 0. The Morgan fingerprint density at radius 2 is 1.72 bits per heavy atom. The second-order valence-electron chi connectivity index (χ2n) is 8.54. The van der Waals surface area contributed by atoms with E-state index in [0.29, 0.717) is 18.0 Å². The number of nitrogens with two attached hydrogens (primary N) is 1. The summed E-state index contributed by atoms with van der Waals surface area (Å²) in [6.07, 6.45) is 0.780. The van der Waals surface area contributed by atoms with Crippen molar-refractivity contribution in [3.63, 3.8) is 0 Å². The number of benzene rings is 2. The van der Waals surface area contributed by atoms with Crippen molar-refractivity contribution in [3.8, 4) is 0 Å². The Hall–Kier alpha value is -2.66. The maximum Gasteiger partial charge on any atom is 0.248 e. The van der Waals surface area contributed by atoms with Crippen molar-refractivity contribution in [2.75, 3.05) is 20.6 Å². The van der Waals surface area contributed by atoms with E-state index in [2.05, 4.69) is 36.2 Å². The van der Waals surface area contributed by atoms with Crippen LogP contribution in [-0.4, -0.2) is 43.4 Å². The molecule has 0 spiro atoms. The first-order valence-corrected chi connectivity index (χ1v) is 10.1. The molecule has 0 aliphatic heterocycles. The summed E-state index contributed by atoms with van der Waals surface area (Å²) in [6.45, 7) is 4.92. The zero-order valence-electron chi connectivity index (χ0n) is 17.7. The van der Waals surface area contributed by atoms with Gasteiger partial charge in [0.25, 0.3) is 0 Å². The van der Waals surface area contributed by atoms with E-state index in [1.807, 2.05) is 44.4 Å². The Morgan fingerprint density at radius 1 is 1.10 bits per heavy atom. The molecule has 0 saturated heterocycles. The minimum absolute atomic E-state index is 0.00237. The zero-order valence-corrected chi connectivity index (χ0v) is 17.7. The number of carbonyl (C=O) groups excluding carboxylic acids is 2. The van der Waals surface area contributed by atoms with Crippen LogP contribution < -0.4 is 11.1 Å². The van der Waals surface area contributed by atoms with Crippen LogP contribution in [0.3, 0.4) is 0 Å². The molecule has 1 aliphatic carbocycles. The third-order valence-electron chi connectivity index (χ3n) is 6.61. The van der Waals surface area contributed by atoms with E-state index in [1.54, 1.807) is 12.1 Å². The fraction of sp³-hybridized carbons (Fsp3) is 0.417. The molecule has 5 nitrogen and oxygen atoms in total. The SMILES string of the molecule is C[C@H]1[C@@H](C(=O)NC[C@H](Cc2ccc(C(N)=O)cc2)N(C)C)C1(C)c1ccccc1. The third kappa shape index (κ3) is 4.35. The maximum absolute atomic E-state index is 12.9. The van der Waals surface area contributed by atoms with E-state index >= 15 is 0 Å². The van der Waals surface area contributed by atoms with Gasteiger partial charge in [-0.3, -0.25) is 9.59 Å². The summed E-state index contributed by atoms with van der Waals surface area (Å²) in [4.78, 5) is 26.3. The van der Waals surface area contributed by atoms with Crippen molar-refractivity contribution in [3.05, 3.63) is 71.3 Å². The first-order chi connectivity index (χ1) is 13.7. The molecule has 2 aromatic rings. The van der Waals surface area contributed by atoms with Crippen molar-refractivity contribution in [1.82, 2.24) is 10.2 Å². The quantitative estimate of drug-likeness (QED) is 0.724. The molecule has 0 aromatic heterocycles. The van der Waals surface area contributed by atoms with Gasteiger partial charge in [0.1, 0.15) is 0 Å². The van der Waals surface area contributed by atoms with Gasteiger partial charge in [0.05, 0.1) is 5.92 Å². The highest BCUT2D eigenvalue weighted by molar-refractivity contribution is 5.92. The summed E-state index contributed by atoms with van der Waals surface area (Å²) in [5, 5.41) is 3.18. The Kier molecular flexibility index (Phi) is 6.08. The van der Waals surface area contributed by atoms with Gasteiger partial charge in [-0.2, -0.15) is 0 Å². The van der Waals surface area contributed by atoms with Crippen LogP contribution in [0.2, 0.25) is 0 Å². The number of rotatable bonds is 8. The van der Waals surface area contributed by atoms with Crippen molar-refractivity contribution >= 4 is 11.8 Å². The Balaban J connectivity index is 1.61. The molecule has 3 N–H and O–H groups in total. The number of amides is 2. The summed E-state index contributed by atoms with van der Waals surface area (Å²) in [7, 11) is 4.03. The molecule has 3 rings (SSSR count). The Labute approximate surface area is 173 Å². The van der Waals surface area contributed by atoms with Gasteiger partial charge >= 0.3 is 0 Å². The number of nitrogens with one attached hydrogen (secondary N) is 1. The molecule has 1 saturated carbocycles. The van der Waals surface area contributed by atoms with Gasteiger partial charge in [-0.15, -0.1) is 0 Å². The second-order valence-corrected chi connectivity index (χ2v) is 8.54. The van der Waals surface area contributed by atoms with Gasteiger partial charge in [0, 0.05) is 23.6 Å². The second kappa shape index (κ2) is 8.37. The minimum Gasteiger partial charge on any atom is -0.366 e. The molecule has 4 atom stereocenters. The fourth-order valence-electron chi connectivity index (χ4n) is 4.31. The van der Waals surface area contributed by atoms with E-state index < -0.39 is 5.91 Å². The van der Waals surface area contributed by atoms with Crippen molar-refractivity contribution < 1.29 is 9.59 Å². The highest BCUT2D eigenvalue weighted by Crippen LogP contribution is 2.59. The predicted molar refractivity (Wildman–Crippen MR) is 116 cm³/mol. The van der Waals surface area contributed by atoms with Gasteiger partial charge < -0.3 is 16.0 Å². The molecule has 0 heterocycles. The largest absolute Gasteiger partial charge is 0.366 e. The monoisotopic (exact) mass is 393 g/mol. The van der Waals surface area contributed by atoms with Gasteiger partial charge in [-0.1, -0.05) is 56.3 Å². The van der Waals surface area contributed by atoms with E-state index in [0.717, 1.165) is 12.0 Å². The number of nitrogens with zero attached hydrogens (tertiary/aromatic N) is 1. The molecular weight excluding hydrogens is 362 g/mol. The van der Waals surface area contributed by atoms with E-state index in [4.69, 9.17) is 5.73 Å². The molecule has 0 radical (unpaired) electrons. The smallest absolute Gasteiger partial charge is 0.248 e. The van der Waals surface area contributed by atoms with Crippen LogP contribution in [0.15, 0.2) is 54.6 Å². The summed E-state index contributed by atoms with van der Waals surface area (Å²) in [5.74, 6) is 0.0272. The minimum atomic E-state index is -0.423. The first-order valence-electron chi connectivity index (χ1n) is 10.1. The Morgan fingerprint density at radius 3 is 2.28 bits per heavy atom. The number of primary amides is 1. The average Bonchev–Trinajstić information content (AvgIpc) is 3.27. The summed E-state index contributed by atoms with van der Waals surface area (Å²) in [6, 6.07) is 17.8. The third-order valence-corrected chi connectivity index (χ3v) is 6.61. The van der Waals surface area contributed by atoms with E-state index in [1.165, 1.54) is 5.56 Å². The molecule has 29 heavy (non-hydrogen) atoms.